The van der Waals surface area contributed by atoms with Gasteiger partial charge in [-0.05, 0) is 41.8 Å². The molecule has 3 rings (SSSR count). The minimum absolute atomic E-state index is 0.0186. The first-order chi connectivity index (χ1) is 9.74. The monoisotopic (exact) mass is 259 g/mol. The van der Waals surface area contributed by atoms with Crippen molar-refractivity contribution in [1.82, 2.24) is 4.57 Å². The van der Waals surface area contributed by atoms with Gasteiger partial charge in [0.05, 0.1) is 0 Å². The van der Waals surface area contributed by atoms with E-state index in [9.17, 15) is 4.79 Å². The van der Waals surface area contributed by atoms with Gasteiger partial charge in [0.25, 0.3) is 5.56 Å². The van der Waals surface area contributed by atoms with Crippen molar-refractivity contribution >= 4 is 10.8 Å². The van der Waals surface area contributed by atoms with Gasteiger partial charge in [0.1, 0.15) is 0 Å². The highest BCUT2D eigenvalue weighted by atomic mass is 16.1. The average Bonchev–Trinajstić information content (AvgIpc) is 2.50. The second-order valence-corrected chi connectivity index (χ2v) is 4.65. The lowest BCUT2D eigenvalue weighted by Gasteiger charge is -2.01. The summed E-state index contributed by atoms with van der Waals surface area (Å²) in [5.41, 5.74) is 1.91. The van der Waals surface area contributed by atoms with Crippen molar-refractivity contribution in [2.75, 3.05) is 0 Å². The molecule has 0 saturated carbocycles. The smallest absolute Gasteiger partial charge is 0.258 e. The molecule has 96 valence electrons. The van der Waals surface area contributed by atoms with Crippen molar-refractivity contribution < 1.29 is 0 Å². The Morgan fingerprint density at radius 2 is 1.65 bits per heavy atom. The molecule has 0 amide bonds. The van der Waals surface area contributed by atoms with E-state index >= 15 is 0 Å². The quantitative estimate of drug-likeness (QED) is 0.569. The Hall–Kier alpha value is -2.79. The maximum absolute atomic E-state index is 11.9. The molecule has 0 bridgehead atoms. The third kappa shape index (κ3) is 2.34. The van der Waals surface area contributed by atoms with E-state index < -0.39 is 0 Å². The fourth-order valence-electron chi connectivity index (χ4n) is 2.09. The van der Waals surface area contributed by atoms with Gasteiger partial charge in [-0.1, -0.05) is 30.0 Å². The summed E-state index contributed by atoms with van der Waals surface area (Å²) >= 11 is 0. The summed E-state index contributed by atoms with van der Waals surface area (Å²) in [6.07, 6.45) is 1.78. The molecule has 1 heterocycles. The van der Waals surface area contributed by atoms with Crippen LogP contribution in [0.15, 0.2) is 65.6 Å². The molecule has 0 saturated heterocycles. The van der Waals surface area contributed by atoms with E-state index in [1.54, 1.807) is 17.8 Å². The molecule has 3 aromatic rings. The number of aryl methyl sites for hydroxylation is 1. The summed E-state index contributed by atoms with van der Waals surface area (Å²) in [6, 6.07) is 17.5. The predicted molar refractivity (Wildman–Crippen MR) is 81.6 cm³/mol. The van der Waals surface area contributed by atoms with Gasteiger partial charge in [0.15, 0.2) is 0 Å². The van der Waals surface area contributed by atoms with Gasteiger partial charge in [-0.15, -0.1) is 0 Å². The van der Waals surface area contributed by atoms with Crippen molar-refractivity contribution in [1.29, 1.82) is 0 Å². The van der Waals surface area contributed by atoms with Crippen molar-refractivity contribution in [3.05, 3.63) is 82.3 Å². The fraction of sp³-hybridized carbons (Fsp3) is 0.0556. The molecular formula is C18H13NO. The number of hydrogen-bond donors (Lipinski definition) is 0. The Morgan fingerprint density at radius 1 is 0.900 bits per heavy atom. The number of hydrogen-bond acceptors (Lipinski definition) is 1. The van der Waals surface area contributed by atoms with Crippen molar-refractivity contribution in [2.24, 2.45) is 7.05 Å². The molecule has 0 unspecified atom stereocenters. The van der Waals surface area contributed by atoms with E-state index in [0.29, 0.717) is 0 Å². The van der Waals surface area contributed by atoms with Gasteiger partial charge in [-0.3, -0.25) is 4.79 Å². The van der Waals surface area contributed by atoms with Crippen LogP contribution in [0.4, 0.5) is 0 Å². The third-order valence-corrected chi connectivity index (χ3v) is 3.20. The molecule has 2 aromatic carbocycles. The van der Waals surface area contributed by atoms with Crippen LogP contribution in [0.3, 0.4) is 0 Å². The Balaban J connectivity index is 2.05. The molecule has 0 spiro atoms. The standard InChI is InChI=1S/C18H13NO/c1-19-12-11-16-13-15(9-10-17(16)18(19)20)8-7-14-5-3-2-4-6-14/h2-6,9-13H,1H3. The molecule has 0 aliphatic carbocycles. The first kappa shape index (κ1) is 12.3. The number of rotatable bonds is 0. The average molecular weight is 259 g/mol. The zero-order valence-corrected chi connectivity index (χ0v) is 11.1. The molecule has 0 N–H and O–H groups in total. The summed E-state index contributed by atoms with van der Waals surface area (Å²) in [5, 5.41) is 1.65. The van der Waals surface area contributed by atoms with Gasteiger partial charge in [-0.2, -0.15) is 0 Å². The highest BCUT2D eigenvalue weighted by Gasteiger charge is 2.00. The molecule has 2 heteroatoms. The van der Waals surface area contributed by atoms with Gasteiger partial charge in [0.2, 0.25) is 0 Å². The topological polar surface area (TPSA) is 22.0 Å². The van der Waals surface area contributed by atoms with E-state index in [1.165, 1.54) is 0 Å². The lowest BCUT2D eigenvalue weighted by molar-refractivity contribution is 0.873. The van der Waals surface area contributed by atoms with Crippen LogP contribution in [0.25, 0.3) is 10.8 Å². The van der Waals surface area contributed by atoms with Gasteiger partial charge < -0.3 is 4.57 Å². The third-order valence-electron chi connectivity index (χ3n) is 3.20. The maximum atomic E-state index is 11.9. The second kappa shape index (κ2) is 5.07. The number of pyridine rings is 1. The molecule has 1 aromatic heterocycles. The fourth-order valence-corrected chi connectivity index (χ4v) is 2.09. The van der Waals surface area contributed by atoms with Crippen LogP contribution in [0, 0.1) is 11.8 Å². The summed E-state index contributed by atoms with van der Waals surface area (Å²) in [4.78, 5) is 11.9. The molecule has 2 nitrogen and oxygen atoms in total. The zero-order chi connectivity index (χ0) is 13.9. The van der Waals surface area contributed by atoms with Gasteiger partial charge in [-0.25, -0.2) is 0 Å². The summed E-state index contributed by atoms with van der Waals surface area (Å²) in [5.74, 6) is 6.25. The minimum atomic E-state index is 0.0186. The first-order valence-electron chi connectivity index (χ1n) is 6.40. The molecule has 0 radical (unpaired) electrons. The largest absolute Gasteiger partial charge is 0.318 e. The van der Waals surface area contributed by atoms with E-state index in [2.05, 4.69) is 11.8 Å². The molecule has 0 aliphatic rings. The van der Waals surface area contributed by atoms with Crippen molar-refractivity contribution in [3.8, 4) is 11.8 Å². The SMILES string of the molecule is Cn1ccc2cc(C#Cc3ccccc3)ccc2c1=O. The van der Waals surface area contributed by atoms with E-state index in [4.69, 9.17) is 0 Å². The lowest BCUT2D eigenvalue weighted by Crippen LogP contribution is -2.15. The second-order valence-electron chi connectivity index (χ2n) is 4.65. The van der Waals surface area contributed by atoms with Gasteiger partial charge >= 0.3 is 0 Å². The summed E-state index contributed by atoms with van der Waals surface area (Å²) in [6.45, 7) is 0. The number of aromatic nitrogens is 1. The number of nitrogens with zero attached hydrogens (tertiary/aromatic N) is 1. The molecule has 20 heavy (non-hydrogen) atoms. The number of benzene rings is 2. The van der Waals surface area contributed by atoms with Gasteiger partial charge in [0, 0.05) is 29.8 Å². The van der Waals surface area contributed by atoms with Crippen LogP contribution in [-0.4, -0.2) is 4.57 Å². The van der Waals surface area contributed by atoms with Crippen LogP contribution in [0.5, 0.6) is 0 Å². The first-order valence-corrected chi connectivity index (χ1v) is 6.40. The van der Waals surface area contributed by atoms with Crippen LogP contribution in [0.1, 0.15) is 11.1 Å². The Labute approximate surface area is 117 Å². The molecule has 0 atom stereocenters. The van der Waals surface area contributed by atoms with E-state index in [1.807, 2.05) is 54.6 Å². The van der Waals surface area contributed by atoms with Crippen LogP contribution in [-0.2, 0) is 7.05 Å². The molecule has 0 aliphatic heterocycles. The Morgan fingerprint density at radius 3 is 2.45 bits per heavy atom. The predicted octanol–water partition coefficient (Wildman–Crippen LogP) is 2.94. The van der Waals surface area contributed by atoms with E-state index in [-0.39, 0.29) is 5.56 Å². The Bertz CT molecular complexity index is 880. The molecule has 0 fully saturated rings. The van der Waals surface area contributed by atoms with E-state index in [0.717, 1.165) is 21.9 Å². The normalized spacial score (nSPS) is 10.1. The summed E-state index contributed by atoms with van der Waals surface area (Å²) < 4.78 is 1.58. The van der Waals surface area contributed by atoms with Crippen LogP contribution >= 0.6 is 0 Å². The lowest BCUT2D eigenvalue weighted by atomic mass is 10.1. The summed E-state index contributed by atoms with van der Waals surface area (Å²) in [7, 11) is 1.75. The number of fused-ring (bicyclic) bond motifs is 1. The van der Waals surface area contributed by atoms with Crippen LogP contribution < -0.4 is 5.56 Å². The highest BCUT2D eigenvalue weighted by molar-refractivity contribution is 5.82. The van der Waals surface area contributed by atoms with Crippen molar-refractivity contribution in [3.63, 3.8) is 0 Å². The maximum Gasteiger partial charge on any atom is 0.258 e. The van der Waals surface area contributed by atoms with Crippen molar-refractivity contribution in [2.45, 2.75) is 0 Å². The minimum Gasteiger partial charge on any atom is -0.318 e. The Kier molecular flexibility index (Phi) is 3.10. The van der Waals surface area contributed by atoms with Crippen LogP contribution in [0.2, 0.25) is 0 Å². The zero-order valence-electron chi connectivity index (χ0n) is 11.1. The molecular weight excluding hydrogens is 246 g/mol. The highest BCUT2D eigenvalue weighted by Crippen LogP contribution is 2.11.